The zero-order valence-electron chi connectivity index (χ0n) is 12.0. The van der Waals surface area contributed by atoms with Crippen LogP contribution in [0.3, 0.4) is 0 Å². The zero-order chi connectivity index (χ0) is 12.8. The molecule has 0 heterocycles. The predicted octanol–water partition coefficient (Wildman–Crippen LogP) is 4.19. The van der Waals surface area contributed by atoms with Gasteiger partial charge in [0.2, 0.25) is 0 Å². The van der Waals surface area contributed by atoms with Crippen molar-refractivity contribution in [2.45, 2.75) is 59.4 Å². The van der Waals surface area contributed by atoms with Crippen molar-refractivity contribution in [3.05, 3.63) is 34.9 Å². The number of hydrogen-bond acceptors (Lipinski definition) is 1. The molecule has 2 unspecified atom stereocenters. The van der Waals surface area contributed by atoms with Crippen LogP contribution in [0.15, 0.2) is 18.2 Å². The molecular weight excluding hydrogens is 206 g/mol. The topological polar surface area (TPSA) is 12.0 Å². The summed E-state index contributed by atoms with van der Waals surface area (Å²) in [5.41, 5.74) is 4.30. The molecule has 0 aliphatic heterocycles. The lowest BCUT2D eigenvalue weighted by Gasteiger charge is -2.20. The monoisotopic (exact) mass is 233 g/mol. The van der Waals surface area contributed by atoms with Crippen molar-refractivity contribution in [1.82, 2.24) is 5.32 Å². The summed E-state index contributed by atoms with van der Waals surface area (Å²) >= 11 is 0. The molecule has 1 nitrogen and oxygen atoms in total. The molecule has 1 N–H and O–H groups in total. The zero-order valence-corrected chi connectivity index (χ0v) is 12.0. The van der Waals surface area contributed by atoms with Gasteiger partial charge in [0, 0.05) is 6.04 Å². The highest BCUT2D eigenvalue weighted by Gasteiger charge is 2.12. The van der Waals surface area contributed by atoms with E-state index in [1.807, 2.05) is 0 Å². The van der Waals surface area contributed by atoms with Crippen molar-refractivity contribution >= 4 is 0 Å². The van der Waals surface area contributed by atoms with Crippen LogP contribution < -0.4 is 5.32 Å². The van der Waals surface area contributed by atoms with Crippen LogP contribution in [-0.2, 0) is 0 Å². The van der Waals surface area contributed by atoms with Gasteiger partial charge in [-0.25, -0.2) is 0 Å². The van der Waals surface area contributed by atoms with Crippen molar-refractivity contribution in [2.24, 2.45) is 0 Å². The van der Waals surface area contributed by atoms with E-state index in [4.69, 9.17) is 0 Å². The van der Waals surface area contributed by atoms with Gasteiger partial charge in [0.05, 0.1) is 0 Å². The van der Waals surface area contributed by atoms with Gasteiger partial charge < -0.3 is 5.32 Å². The first-order chi connectivity index (χ1) is 8.04. The Morgan fingerprint density at radius 3 is 2.53 bits per heavy atom. The molecule has 0 saturated heterocycles. The first-order valence-electron chi connectivity index (χ1n) is 6.85. The molecule has 1 aromatic rings. The van der Waals surface area contributed by atoms with Crippen LogP contribution in [0, 0.1) is 13.8 Å². The van der Waals surface area contributed by atoms with Gasteiger partial charge >= 0.3 is 0 Å². The first-order valence-corrected chi connectivity index (χ1v) is 6.85. The maximum absolute atomic E-state index is 3.57. The Hall–Kier alpha value is -0.820. The van der Waals surface area contributed by atoms with Crippen LogP contribution >= 0.6 is 0 Å². The molecule has 1 aromatic carbocycles. The quantitative estimate of drug-likeness (QED) is 0.777. The standard InChI is InChI=1S/C16H27N/c1-6-9-17-15(5)11-14(4)16-10-12(2)7-8-13(16)3/h7-8,10,14-15,17H,6,9,11H2,1-5H3. The smallest absolute Gasteiger partial charge is 0.00444 e. The number of rotatable bonds is 6. The Bertz CT molecular complexity index is 343. The molecule has 0 spiro atoms. The molecule has 0 saturated carbocycles. The Balaban J connectivity index is 2.62. The minimum absolute atomic E-state index is 0.602. The molecular formula is C16H27N. The van der Waals surface area contributed by atoms with Gasteiger partial charge in [0.1, 0.15) is 0 Å². The molecule has 96 valence electrons. The summed E-state index contributed by atoms with van der Waals surface area (Å²) in [5.74, 6) is 0.634. The highest BCUT2D eigenvalue weighted by molar-refractivity contribution is 5.33. The van der Waals surface area contributed by atoms with Crippen molar-refractivity contribution < 1.29 is 0 Å². The van der Waals surface area contributed by atoms with E-state index in [9.17, 15) is 0 Å². The van der Waals surface area contributed by atoms with Crippen molar-refractivity contribution in [2.75, 3.05) is 6.54 Å². The van der Waals surface area contributed by atoms with E-state index in [2.05, 4.69) is 58.1 Å². The largest absolute Gasteiger partial charge is 0.314 e. The van der Waals surface area contributed by atoms with E-state index in [-0.39, 0.29) is 0 Å². The summed E-state index contributed by atoms with van der Waals surface area (Å²) in [6.07, 6.45) is 2.42. The maximum atomic E-state index is 3.57. The maximum Gasteiger partial charge on any atom is 0.00444 e. The van der Waals surface area contributed by atoms with E-state index in [0.29, 0.717) is 12.0 Å². The molecule has 1 heteroatoms. The lowest BCUT2D eigenvalue weighted by atomic mass is 9.90. The van der Waals surface area contributed by atoms with Gasteiger partial charge in [-0.15, -0.1) is 0 Å². The summed E-state index contributed by atoms with van der Waals surface area (Å²) in [6.45, 7) is 12.4. The highest BCUT2D eigenvalue weighted by Crippen LogP contribution is 2.24. The lowest BCUT2D eigenvalue weighted by Crippen LogP contribution is -2.28. The Labute approximate surface area is 107 Å². The average Bonchev–Trinajstić information content (AvgIpc) is 2.29. The van der Waals surface area contributed by atoms with Gasteiger partial charge in [0.25, 0.3) is 0 Å². The van der Waals surface area contributed by atoms with Crippen LogP contribution in [0.25, 0.3) is 0 Å². The summed E-state index contributed by atoms with van der Waals surface area (Å²) in [5, 5.41) is 3.57. The molecule has 1 rings (SSSR count). The number of hydrogen-bond donors (Lipinski definition) is 1. The molecule has 0 aromatic heterocycles. The number of nitrogens with one attached hydrogen (secondary N) is 1. The van der Waals surface area contributed by atoms with E-state index in [1.54, 1.807) is 0 Å². The first kappa shape index (κ1) is 14.2. The number of aryl methyl sites for hydroxylation is 2. The van der Waals surface area contributed by atoms with Crippen LogP contribution in [0.5, 0.6) is 0 Å². The Morgan fingerprint density at radius 1 is 1.18 bits per heavy atom. The molecule has 17 heavy (non-hydrogen) atoms. The van der Waals surface area contributed by atoms with Crippen molar-refractivity contribution in [3.63, 3.8) is 0 Å². The predicted molar refractivity (Wildman–Crippen MR) is 76.7 cm³/mol. The third kappa shape index (κ3) is 4.51. The van der Waals surface area contributed by atoms with Crippen LogP contribution in [0.4, 0.5) is 0 Å². The van der Waals surface area contributed by atoms with E-state index < -0.39 is 0 Å². The van der Waals surface area contributed by atoms with Crippen LogP contribution in [0.1, 0.15) is 56.2 Å². The minimum atomic E-state index is 0.602. The third-order valence-electron chi connectivity index (χ3n) is 3.42. The van der Waals surface area contributed by atoms with E-state index >= 15 is 0 Å². The van der Waals surface area contributed by atoms with Crippen molar-refractivity contribution in [1.29, 1.82) is 0 Å². The second-order valence-corrected chi connectivity index (χ2v) is 5.35. The summed E-state index contributed by atoms with van der Waals surface area (Å²) in [6, 6.07) is 7.38. The Morgan fingerprint density at radius 2 is 1.88 bits per heavy atom. The van der Waals surface area contributed by atoms with Crippen LogP contribution in [-0.4, -0.2) is 12.6 Å². The third-order valence-corrected chi connectivity index (χ3v) is 3.42. The summed E-state index contributed by atoms with van der Waals surface area (Å²) in [4.78, 5) is 0. The summed E-state index contributed by atoms with van der Waals surface area (Å²) in [7, 11) is 0. The summed E-state index contributed by atoms with van der Waals surface area (Å²) < 4.78 is 0. The molecule has 0 aliphatic carbocycles. The van der Waals surface area contributed by atoms with Gasteiger partial charge in [-0.05, 0) is 57.2 Å². The van der Waals surface area contributed by atoms with E-state index in [1.165, 1.54) is 29.5 Å². The fraction of sp³-hybridized carbons (Fsp3) is 0.625. The molecule has 0 amide bonds. The van der Waals surface area contributed by atoms with Gasteiger partial charge in [-0.1, -0.05) is 37.6 Å². The fourth-order valence-corrected chi connectivity index (χ4v) is 2.42. The fourth-order valence-electron chi connectivity index (χ4n) is 2.42. The Kier molecular flexibility index (Phi) is 5.70. The molecule has 0 radical (unpaired) electrons. The van der Waals surface area contributed by atoms with Gasteiger partial charge in [0.15, 0.2) is 0 Å². The molecule has 2 atom stereocenters. The molecule has 0 bridgehead atoms. The SMILES string of the molecule is CCCNC(C)CC(C)c1cc(C)ccc1C. The van der Waals surface area contributed by atoms with E-state index in [0.717, 1.165) is 6.54 Å². The van der Waals surface area contributed by atoms with Crippen LogP contribution in [0.2, 0.25) is 0 Å². The van der Waals surface area contributed by atoms with Crippen molar-refractivity contribution in [3.8, 4) is 0 Å². The average molecular weight is 233 g/mol. The second-order valence-electron chi connectivity index (χ2n) is 5.35. The second kappa shape index (κ2) is 6.80. The molecule has 0 aliphatic rings. The van der Waals surface area contributed by atoms with Gasteiger partial charge in [-0.3, -0.25) is 0 Å². The lowest BCUT2D eigenvalue weighted by molar-refractivity contribution is 0.478. The molecule has 0 fully saturated rings. The normalized spacial score (nSPS) is 14.6. The minimum Gasteiger partial charge on any atom is -0.314 e. The number of benzene rings is 1. The van der Waals surface area contributed by atoms with Gasteiger partial charge in [-0.2, -0.15) is 0 Å². The highest BCUT2D eigenvalue weighted by atomic mass is 14.9.